The zero-order chi connectivity index (χ0) is 22.7. The molecule has 0 radical (unpaired) electrons. The van der Waals surface area contributed by atoms with E-state index in [4.69, 9.17) is 4.98 Å². The number of rotatable bonds is 7. The van der Waals surface area contributed by atoms with Crippen molar-refractivity contribution in [3.63, 3.8) is 0 Å². The fourth-order valence-electron chi connectivity index (χ4n) is 4.13. The van der Waals surface area contributed by atoms with Crippen LogP contribution in [0.4, 0.5) is 0 Å². The van der Waals surface area contributed by atoms with Crippen molar-refractivity contribution in [2.24, 2.45) is 0 Å². The van der Waals surface area contributed by atoms with E-state index in [1.807, 2.05) is 56.3 Å². The highest BCUT2D eigenvalue weighted by Crippen LogP contribution is 2.24. The molecule has 4 heteroatoms. The first-order chi connectivity index (χ1) is 15.5. The molecule has 2 unspecified atom stereocenters. The van der Waals surface area contributed by atoms with Crippen molar-refractivity contribution in [3.8, 4) is 0 Å². The zero-order valence-electron chi connectivity index (χ0n) is 19.3. The van der Waals surface area contributed by atoms with E-state index in [0.717, 1.165) is 28.8 Å². The van der Waals surface area contributed by atoms with Crippen LogP contribution in [0.25, 0.3) is 11.0 Å². The quantitative estimate of drug-likeness (QED) is 0.372. The van der Waals surface area contributed by atoms with Crippen LogP contribution in [0, 0.1) is 6.92 Å². The number of hydrogen-bond acceptors (Lipinski definition) is 2. The Morgan fingerprint density at radius 1 is 0.969 bits per heavy atom. The molecule has 1 heterocycles. The van der Waals surface area contributed by atoms with Crippen molar-refractivity contribution in [2.45, 2.75) is 52.6 Å². The second kappa shape index (κ2) is 9.39. The van der Waals surface area contributed by atoms with Gasteiger partial charge in [-0.3, -0.25) is 4.79 Å². The van der Waals surface area contributed by atoms with Crippen LogP contribution in [-0.2, 0) is 6.54 Å². The highest BCUT2D eigenvalue weighted by molar-refractivity contribution is 5.95. The lowest BCUT2D eigenvalue weighted by molar-refractivity contribution is 0.0937. The summed E-state index contributed by atoms with van der Waals surface area (Å²) in [5.74, 6) is 1.34. The Bertz CT molecular complexity index is 1220. The van der Waals surface area contributed by atoms with Crippen LogP contribution in [0.1, 0.15) is 72.0 Å². The van der Waals surface area contributed by atoms with E-state index in [1.54, 1.807) is 0 Å². The standard InChI is InChI=1S/C28H31N3O/c1-5-19(2)23-16-14-22(15-17-23)18-31-26-13-9-8-12-25(26)30-27(31)21(4)29-28(32)24-11-7-6-10-20(24)3/h6-17,19,21H,5,18H2,1-4H3,(H,29,32). The summed E-state index contributed by atoms with van der Waals surface area (Å²) in [6.07, 6.45) is 1.13. The zero-order valence-corrected chi connectivity index (χ0v) is 19.3. The number of nitrogens with one attached hydrogen (secondary N) is 1. The molecule has 0 fully saturated rings. The van der Waals surface area contributed by atoms with Gasteiger partial charge in [-0.1, -0.05) is 68.4 Å². The molecular formula is C28H31N3O. The molecule has 0 spiro atoms. The summed E-state index contributed by atoms with van der Waals surface area (Å²) < 4.78 is 2.22. The summed E-state index contributed by atoms with van der Waals surface area (Å²) in [4.78, 5) is 17.8. The third-order valence-corrected chi connectivity index (χ3v) is 6.31. The van der Waals surface area contributed by atoms with Crippen LogP contribution in [0.2, 0.25) is 0 Å². The second-order valence-corrected chi connectivity index (χ2v) is 8.61. The van der Waals surface area contributed by atoms with E-state index >= 15 is 0 Å². The molecule has 1 amide bonds. The van der Waals surface area contributed by atoms with Crippen molar-refractivity contribution in [2.75, 3.05) is 0 Å². The number of amides is 1. The first-order valence-electron chi connectivity index (χ1n) is 11.4. The van der Waals surface area contributed by atoms with Gasteiger partial charge < -0.3 is 9.88 Å². The number of imidazole rings is 1. The number of para-hydroxylation sites is 2. The van der Waals surface area contributed by atoms with Gasteiger partial charge in [0.1, 0.15) is 5.82 Å². The minimum atomic E-state index is -0.228. The van der Waals surface area contributed by atoms with Gasteiger partial charge in [-0.15, -0.1) is 0 Å². The minimum absolute atomic E-state index is 0.0767. The molecule has 0 saturated carbocycles. The lowest BCUT2D eigenvalue weighted by Crippen LogP contribution is -2.29. The number of hydrogen-bond donors (Lipinski definition) is 1. The van der Waals surface area contributed by atoms with Crippen LogP contribution < -0.4 is 5.32 Å². The minimum Gasteiger partial charge on any atom is -0.342 e. The second-order valence-electron chi connectivity index (χ2n) is 8.61. The Morgan fingerprint density at radius 2 is 1.66 bits per heavy atom. The van der Waals surface area contributed by atoms with Gasteiger partial charge in [0, 0.05) is 12.1 Å². The molecule has 2 atom stereocenters. The molecule has 32 heavy (non-hydrogen) atoms. The van der Waals surface area contributed by atoms with E-state index in [2.05, 4.69) is 54.1 Å². The van der Waals surface area contributed by atoms with Crippen LogP contribution in [0.15, 0.2) is 72.8 Å². The molecule has 4 aromatic rings. The Morgan fingerprint density at radius 3 is 2.38 bits per heavy atom. The van der Waals surface area contributed by atoms with Gasteiger partial charge in [0.15, 0.2) is 0 Å². The molecule has 164 valence electrons. The molecular weight excluding hydrogens is 394 g/mol. The van der Waals surface area contributed by atoms with Gasteiger partial charge in [0.25, 0.3) is 5.91 Å². The maximum absolute atomic E-state index is 12.9. The van der Waals surface area contributed by atoms with Crippen molar-refractivity contribution in [3.05, 3.63) is 101 Å². The monoisotopic (exact) mass is 425 g/mol. The van der Waals surface area contributed by atoms with E-state index in [1.165, 1.54) is 11.1 Å². The number of carbonyl (C=O) groups excluding carboxylic acids is 1. The molecule has 3 aromatic carbocycles. The molecule has 0 bridgehead atoms. The average Bonchev–Trinajstić information content (AvgIpc) is 3.18. The summed E-state index contributed by atoms with van der Waals surface area (Å²) in [6.45, 7) is 9.14. The number of nitrogens with zero attached hydrogens (tertiary/aromatic N) is 2. The van der Waals surface area contributed by atoms with E-state index in [9.17, 15) is 4.79 Å². The fraction of sp³-hybridized carbons (Fsp3) is 0.286. The van der Waals surface area contributed by atoms with Crippen LogP contribution in [-0.4, -0.2) is 15.5 Å². The van der Waals surface area contributed by atoms with Gasteiger partial charge in [-0.05, 0) is 61.1 Å². The number of aryl methyl sites for hydroxylation is 1. The highest BCUT2D eigenvalue weighted by atomic mass is 16.1. The molecule has 1 N–H and O–H groups in total. The van der Waals surface area contributed by atoms with Gasteiger partial charge in [0.05, 0.1) is 17.1 Å². The maximum atomic E-state index is 12.9. The smallest absolute Gasteiger partial charge is 0.252 e. The lowest BCUT2D eigenvalue weighted by atomic mass is 9.97. The number of carbonyl (C=O) groups is 1. The molecule has 0 saturated heterocycles. The Hall–Kier alpha value is -3.40. The number of benzene rings is 3. The van der Waals surface area contributed by atoms with Crippen molar-refractivity contribution in [1.29, 1.82) is 0 Å². The van der Waals surface area contributed by atoms with Crippen molar-refractivity contribution >= 4 is 16.9 Å². The van der Waals surface area contributed by atoms with E-state index < -0.39 is 0 Å². The Kier molecular flexibility index (Phi) is 6.40. The first kappa shape index (κ1) is 21.8. The molecule has 4 rings (SSSR count). The fourth-order valence-corrected chi connectivity index (χ4v) is 4.13. The predicted molar refractivity (Wildman–Crippen MR) is 131 cm³/mol. The molecule has 0 aliphatic heterocycles. The summed E-state index contributed by atoms with van der Waals surface area (Å²) in [5, 5.41) is 3.15. The van der Waals surface area contributed by atoms with E-state index in [-0.39, 0.29) is 11.9 Å². The van der Waals surface area contributed by atoms with Crippen LogP contribution in [0.5, 0.6) is 0 Å². The Balaban J connectivity index is 1.64. The van der Waals surface area contributed by atoms with Gasteiger partial charge in [-0.2, -0.15) is 0 Å². The van der Waals surface area contributed by atoms with Gasteiger partial charge in [-0.25, -0.2) is 4.98 Å². The first-order valence-corrected chi connectivity index (χ1v) is 11.4. The van der Waals surface area contributed by atoms with E-state index in [0.29, 0.717) is 18.0 Å². The van der Waals surface area contributed by atoms with Crippen molar-refractivity contribution in [1.82, 2.24) is 14.9 Å². The summed E-state index contributed by atoms with van der Waals surface area (Å²) in [7, 11) is 0. The SMILES string of the molecule is CCC(C)c1ccc(Cn2c(C(C)NC(=O)c3ccccc3C)nc3ccccc32)cc1. The third-order valence-electron chi connectivity index (χ3n) is 6.31. The lowest BCUT2D eigenvalue weighted by Gasteiger charge is -2.17. The van der Waals surface area contributed by atoms with Gasteiger partial charge in [0.2, 0.25) is 0 Å². The largest absolute Gasteiger partial charge is 0.342 e. The summed E-state index contributed by atoms with van der Waals surface area (Å²) in [6, 6.07) is 24.4. The molecule has 4 nitrogen and oxygen atoms in total. The van der Waals surface area contributed by atoms with Gasteiger partial charge >= 0.3 is 0 Å². The molecule has 1 aromatic heterocycles. The molecule has 0 aliphatic carbocycles. The topological polar surface area (TPSA) is 46.9 Å². The van der Waals surface area contributed by atoms with Crippen LogP contribution in [0.3, 0.4) is 0 Å². The number of aromatic nitrogens is 2. The normalized spacial score (nSPS) is 13.1. The number of fused-ring (bicyclic) bond motifs is 1. The average molecular weight is 426 g/mol. The third kappa shape index (κ3) is 4.45. The summed E-state index contributed by atoms with van der Waals surface area (Å²) in [5.41, 5.74) is 6.26. The van der Waals surface area contributed by atoms with Crippen molar-refractivity contribution < 1.29 is 4.79 Å². The summed E-state index contributed by atoms with van der Waals surface area (Å²) >= 11 is 0. The maximum Gasteiger partial charge on any atom is 0.252 e. The highest BCUT2D eigenvalue weighted by Gasteiger charge is 2.20. The Labute approximate surface area is 190 Å². The predicted octanol–water partition coefficient (Wildman–Crippen LogP) is 6.40. The van der Waals surface area contributed by atoms with Crippen LogP contribution >= 0.6 is 0 Å². The molecule has 0 aliphatic rings.